The number of carbonyl (C=O) groups excluding carboxylic acids is 1. The van der Waals surface area contributed by atoms with Gasteiger partial charge in [0.15, 0.2) is 0 Å². The third-order valence-electron chi connectivity index (χ3n) is 4.44. The van der Waals surface area contributed by atoms with E-state index < -0.39 is 35.4 Å². The van der Waals surface area contributed by atoms with Crippen molar-refractivity contribution < 1.29 is 24.9 Å². The highest BCUT2D eigenvalue weighted by Gasteiger charge is 2.51. The van der Waals surface area contributed by atoms with Crippen molar-refractivity contribution in [3.8, 4) is 0 Å². The molecule has 0 aliphatic heterocycles. The molecule has 0 aromatic rings. The van der Waals surface area contributed by atoms with Crippen LogP contribution in [0.5, 0.6) is 0 Å². The Balaban J connectivity index is 3.22. The summed E-state index contributed by atoms with van der Waals surface area (Å²) in [5, 5.41) is 30.3. The number of carbonyl (C=O) groups is 1. The second-order valence-electron chi connectivity index (χ2n) is 5.81. The van der Waals surface area contributed by atoms with Crippen molar-refractivity contribution in [1.29, 1.82) is 0 Å². The van der Waals surface area contributed by atoms with E-state index in [4.69, 9.17) is 0 Å². The van der Waals surface area contributed by atoms with Crippen LogP contribution in [0.15, 0.2) is 37.0 Å². The zero-order valence-corrected chi connectivity index (χ0v) is 12.6. The van der Waals surface area contributed by atoms with Gasteiger partial charge in [0, 0.05) is 17.4 Å². The number of aliphatic hydroxyl groups excluding tert-OH is 3. The molecule has 1 fully saturated rings. The van der Waals surface area contributed by atoms with Crippen LogP contribution in [0.25, 0.3) is 0 Å². The Kier molecular flexibility index (Phi) is 5.50. The number of aliphatic hydroxyl groups is 3. The minimum atomic E-state index is -1.11. The molecule has 0 saturated heterocycles. The molecule has 0 radical (unpaired) electrons. The van der Waals surface area contributed by atoms with Crippen LogP contribution < -0.4 is 0 Å². The maximum Gasteiger partial charge on any atom is 0.333 e. The van der Waals surface area contributed by atoms with Crippen molar-refractivity contribution in [2.24, 2.45) is 17.3 Å². The first kappa shape index (κ1) is 17.6. The molecule has 1 aliphatic rings. The van der Waals surface area contributed by atoms with Crippen LogP contribution in [-0.2, 0) is 9.53 Å². The van der Waals surface area contributed by atoms with Crippen LogP contribution in [0.1, 0.15) is 13.3 Å². The molecule has 118 valence electrons. The maximum absolute atomic E-state index is 11.6. The smallest absolute Gasteiger partial charge is 0.333 e. The van der Waals surface area contributed by atoms with Crippen molar-refractivity contribution in [2.75, 3.05) is 13.7 Å². The lowest BCUT2D eigenvalue weighted by atomic mass is 9.58. The van der Waals surface area contributed by atoms with Gasteiger partial charge in [0.25, 0.3) is 0 Å². The Hall–Kier alpha value is -1.43. The van der Waals surface area contributed by atoms with Crippen LogP contribution in [0, 0.1) is 17.3 Å². The first-order valence-corrected chi connectivity index (χ1v) is 6.78. The molecule has 0 heterocycles. The van der Waals surface area contributed by atoms with Gasteiger partial charge in [-0.2, -0.15) is 0 Å². The van der Waals surface area contributed by atoms with Gasteiger partial charge < -0.3 is 20.1 Å². The van der Waals surface area contributed by atoms with Crippen molar-refractivity contribution in [2.45, 2.75) is 25.6 Å². The Labute approximate surface area is 125 Å². The molecule has 0 aromatic carbocycles. The maximum atomic E-state index is 11.6. The summed E-state index contributed by atoms with van der Waals surface area (Å²) in [6.45, 7) is 12.7. The molecule has 0 aromatic heterocycles. The van der Waals surface area contributed by atoms with Gasteiger partial charge in [-0.1, -0.05) is 26.2 Å². The second kappa shape index (κ2) is 6.56. The fourth-order valence-corrected chi connectivity index (χ4v) is 3.25. The minimum absolute atomic E-state index is 0.0133. The van der Waals surface area contributed by atoms with Crippen molar-refractivity contribution in [3.63, 3.8) is 0 Å². The van der Waals surface area contributed by atoms with Gasteiger partial charge in [-0.3, -0.25) is 0 Å². The Morgan fingerprint density at radius 1 is 1.43 bits per heavy atom. The monoisotopic (exact) mass is 296 g/mol. The van der Waals surface area contributed by atoms with E-state index in [0.717, 1.165) is 0 Å². The molecule has 1 saturated carbocycles. The van der Waals surface area contributed by atoms with Gasteiger partial charge in [0.05, 0.1) is 25.9 Å². The summed E-state index contributed by atoms with van der Waals surface area (Å²) in [6, 6.07) is 0. The number of allylic oxidation sites excluding steroid dienone is 1. The van der Waals surface area contributed by atoms with Gasteiger partial charge in [-0.15, -0.1) is 6.58 Å². The normalized spacial score (nSPS) is 35.9. The van der Waals surface area contributed by atoms with Crippen molar-refractivity contribution in [1.82, 2.24) is 0 Å². The topological polar surface area (TPSA) is 87.0 Å². The molecule has 3 N–H and O–H groups in total. The summed E-state index contributed by atoms with van der Waals surface area (Å²) < 4.78 is 4.61. The van der Waals surface area contributed by atoms with Crippen LogP contribution in [0.2, 0.25) is 0 Å². The largest absolute Gasteiger partial charge is 0.466 e. The van der Waals surface area contributed by atoms with E-state index in [2.05, 4.69) is 24.5 Å². The number of esters is 1. The molecule has 1 rings (SSSR count). The fourth-order valence-electron chi connectivity index (χ4n) is 3.25. The summed E-state index contributed by atoms with van der Waals surface area (Å²) in [5.41, 5.74) is -0.190. The zero-order valence-electron chi connectivity index (χ0n) is 12.6. The summed E-state index contributed by atoms with van der Waals surface area (Å²) in [6.07, 6.45) is -0.152. The molecule has 0 spiro atoms. The van der Waals surface area contributed by atoms with Gasteiger partial charge in [0.1, 0.15) is 0 Å². The summed E-state index contributed by atoms with van der Waals surface area (Å²) in [7, 11) is 1.22. The molecule has 21 heavy (non-hydrogen) atoms. The fraction of sp³-hybridized carbons (Fsp3) is 0.562. The van der Waals surface area contributed by atoms with E-state index in [-0.39, 0.29) is 18.6 Å². The van der Waals surface area contributed by atoms with Gasteiger partial charge in [-0.05, 0) is 17.4 Å². The van der Waals surface area contributed by atoms with E-state index in [1.54, 1.807) is 6.08 Å². The van der Waals surface area contributed by atoms with Crippen LogP contribution in [0.3, 0.4) is 0 Å². The Bertz CT molecular complexity index is 456. The standard InChI is InChI=1S/C16H24O5/c1-6-16(4)7-11(18)12(10(3)15(20)21-5)14(19)13(16)9(2)8-17/h6,11-14,17-19H,1-3,7-8H2,4-5H3/t11-,12-,13-,14-,16+/m0/s1. The molecular formula is C16H24O5. The quantitative estimate of drug-likeness (QED) is 0.397. The first-order chi connectivity index (χ1) is 9.73. The van der Waals surface area contributed by atoms with E-state index in [1.807, 2.05) is 6.92 Å². The lowest BCUT2D eigenvalue weighted by Gasteiger charge is -2.49. The number of ether oxygens (including phenoxy) is 1. The summed E-state index contributed by atoms with van der Waals surface area (Å²) in [4.78, 5) is 11.6. The van der Waals surface area contributed by atoms with Gasteiger partial charge >= 0.3 is 5.97 Å². The highest BCUT2D eigenvalue weighted by Crippen LogP contribution is 2.49. The highest BCUT2D eigenvalue weighted by molar-refractivity contribution is 5.88. The lowest BCUT2D eigenvalue weighted by molar-refractivity contribution is -0.140. The van der Waals surface area contributed by atoms with Crippen LogP contribution in [0.4, 0.5) is 0 Å². The molecule has 0 unspecified atom stereocenters. The summed E-state index contributed by atoms with van der Waals surface area (Å²) >= 11 is 0. The van der Waals surface area contributed by atoms with Crippen LogP contribution in [-0.4, -0.2) is 47.2 Å². The Morgan fingerprint density at radius 3 is 2.43 bits per heavy atom. The van der Waals surface area contributed by atoms with Gasteiger partial charge in [-0.25, -0.2) is 4.79 Å². The number of hydrogen-bond acceptors (Lipinski definition) is 5. The molecule has 0 amide bonds. The number of rotatable bonds is 5. The van der Waals surface area contributed by atoms with E-state index in [0.29, 0.717) is 5.57 Å². The van der Waals surface area contributed by atoms with E-state index >= 15 is 0 Å². The van der Waals surface area contributed by atoms with E-state index in [1.165, 1.54) is 7.11 Å². The predicted octanol–water partition coefficient (Wildman–Crippen LogP) is 0.814. The molecule has 5 heteroatoms. The Morgan fingerprint density at radius 2 is 2.00 bits per heavy atom. The van der Waals surface area contributed by atoms with Crippen LogP contribution >= 0.6 is 0 Å². The average Bonchev–Trinajstić information content (AvgIpc) is 2.45. The molecule has 5 nitrogen and oxygen atoms in total. The molecule has 1 aliphatic carbocycles. The molecular weight excluding hydrogens is 272 g/mol. The first-order valence-electron chi connectivity index (χ1n) is 6.78. The third-order valence-corrected chi connectivity index (χ3v) is 4.44. The lowest BCUT2D eigenvalue weighted by Crippen LogP contribution is -2.53. The minimum Gasteiger partial charge on any atom is -0.466 e. The number of hydrogen-bond donors (Lipinski definition) is 3. The molecule has 5 atom stereocenters. The summed E-state index contributed by atoms with van der Waals surface area (Å²) in [5.74, 6) is -2.07. The SMILES string of the molecule is C=C[C@]1(C)C[C@H](O)[C@H](C(=C)C(=O)OC)[C@H](O)[C@@H]1C(=C)CO. The third kappa shape index (κ3) is 3.10. The van der Waals surface area contributed by atoms with Crippen molar-refractivity contribution >= 4 is 5.97 Å². The molecule has 0 bridgehead atoms. The average molecular weight is 296 g/mol. The highest BCUT2D eigenvalue weighted by atomic mass is 16.5. The van der Waals surface area contributed by atoms with E-state index in [9.17, 15) is 20.1 Å². The van der Waals surface area contributed by atoms with Gasteiger partial charge in [0.2, 0.25) is 0 Å². The number of methoxy groups -OCH3 is 1. The predicted molar refractivity (Wildman–Crippen MR) is 79.3 cm³/mol. The van der Waals surface area contributed by atoms with Crippen molar-refractivity contribution in [3.05, 3.63) is 37.0 Å². The second-order valence-corrected chi connectivity index (χ2v) is 5.81. The zero-order chi connectivity index (χ0) is 16.4.